The molecular formula is C11H14N4. The third-order valence-corrected chi connectivity index (χ3v) is 3.07. The Morgan fingerprint density at radius 2 is 2.20 bits per heavy atom. The third-order valence-electron chi connectivity index (χ3n) is 3.07. The lowest BCUT2D eigenvalue weighted by Crippen LogP contribution is -2.20. The molecular weight excluding hydrogens is 188 g/mol. The van der Waals surface area contributed by atoms with Gasteiger partial charge >= 0.3 is 0 Å². The molecule has 0 aromatic carbocycles. The van der Waals surface area contributed by atoms with Crippen molar-refractivity contribution in [2.45, 2.75) is 18.9 Å². The van der Waals surface area contributed by atoms with Crippen molar-refractivity contribution in [3.8, 4) is 0 Å². The molecule has 0 radical (unpaired) electrons. The minimum Gasteiger partial charge on any atom is -0.356 e. The fourth-order valence-electron chi connectivity index (χ4n) is 1.98. The van der Waals surface area contributed by atoms with Gasteiger partial charge in [-0.15, -0.1) is 0 Å². The molecule has 1 fully saturated rings. The van der Waals surface area contributed by atoms with E-state index in [9.17, 15) is 0 Å². The van der Waals surface area contributed by atoms with Gasteiger partial charge in [0.25, 0.3) is 0 Å². The number of hydrogen-bond acceptors (Lipinski definition) is 3. The maximum absolute atomic E-state index is 4.38. The predicted octanol–water partition coefficient (Wildman–Crippen LogP) is 1.57. The molecule has 3 rings (SSSR count). The molecule has 1 aliphatic rings. The van der Waals surface area contributed by atoms with Gasteiger partial charge in [0.15, 0.2) is 0 Å². The number of rotatable bonds is 2. The van der Waals surface area contributed by atoms with Crippen LogP contribution in [0.3, 0.4) is 0 Å². The van der Waals surface area contributed by atoms with Crippen LogP contribution < -0.4 is 4.90 Å². The van der Waals surface area contributed by atoms with Crippen molar-refractivity contribution in [2.75, 3.05) is 11.9 Å². The zero-order valence-corrected chi connectivity index (χ0v) is 9.01. The molecule has 0 unspecified atom stereocenters. The molecule has 78 valence electrons. The second-order valence-corrected chi connectivity index (χ2v) is 4.20. The van der Waals surface area contributed by atoms with Crippen LogP contribution in [0, 0.1) is 0 Å². The second-order valence-electron chi connectivity index (χ2n) is 4.20. The van der Waals surface area contributed by atoms with Crippen LogP contribution in [0.1, 0.15) is 12.8 Å². The first-order valence-corrected chi connectivity index (χ1v) is 5.26. The van der Waals surface area contributed by atoms with Gasteiger partial charge in [-0.25, -0.2) is 9.97 Å². The van der Waals surface area contributed by atoms with Crippen molar-refractivity contribution in [3.05, 3.63) is 18.6 Å². The highest BCUT2D eigenvalue weighted by Gasteiger charge is 2.28. The van der Waals surface area contributed by atoms with Gasteiger partial charge in [0.1, 0.15) is 17.8 Å². The van der Waals surface area contributed by atoms with Crippen molar-refractivity contribution in [3.63, 3.8) is 0 Å². The molecule has 0 aliphatic heterocycles. The lowest BCUT2D eigenvalue weighted by atomic mass is 10.3. The number of aryl methyl sites for hydroxylation is 1. The summed E-state index contributed by atoms with van der Waals surface area (Å²) in [4.78, 5) is 10.9. The van der Waals surface area contributed by atoms with Crippen LogP contribution in [0.2, 0.25) is 0 Å². The van der Waals surface area contributed by atoms with Crippen LogP contribution in [-0.2, 0) is 7.05 Å². The SMILES string of the molecule is CN(c1ncnc2c1ccn2C)C1CC1. The van der Waals surface area contributed by atoms with E-state index in [4.69, 9.17) is 0 Å². The summed E-state index contributed by atoms with van der Waals surface area (Å²) in [6.07, 6.45) is 6.25. The van der Waals surface area contributed by atoms with Gasteiger partial charge in [0.2, 0.25) is 0 Å². The van der Waals surface area contributed by atoms with Gasteiger partial charge in [-0.05, 0) is 18.9 Å². The van der Waals surface area contributed by atoms with E-state index in [-0.39, 0.29) is 0 Å². The normalized spacial score (nSPS) is 15.9. The highest BCUT2D eigenvalue weighted by atomic mass is 15.2. The number of aromatic nitrogens is 3. The Kier molecular flexibility index (Phi) is 1.71. The lowest BCUT2D eigenvalue weighted by Gasteiger charge is -2.17. The van der Waals surface area contributed by atoms with Gasteiger partial charge in [0, 0.05) is 26.3 Å². The van der Waals surface area contributed by atoms with E-state index >= 15 is 0 Å². The van der Waals surface area contributed by atoms with Crippen molar-refractivity contribution in [1.82, 2.24) is 14.5 Å². The molecule has 0 N–H and O–H groups in total. The first kappa shape index (κ1) is 8.71. The van der Waals surface area contributed by atoms with E-state index in [1.54, 1.807) is 6.33 Å². The predicted molar refractivity (Wildman–Crippen MR) is 59.9 cm³/mol. The molecule has 2 aromatic rings. The Morgan fingerprint density at radius 3 is 2.93 bits per heavy atom. The maximum Gasteiger partial charge on any atom is 0.145 e. The first-order valence-electron chi connectivity index (χ1n) is 5.26. The van der Waals surface area contributed by atoms with Gasteiger partial charge in [-0.3, -0.25) is 0 Å². The average Bonchev–Trinajstić information content (AvgIpc) is 3.03. The minimum absolute atomic E-state index is 0.684. The van der Waals surface area contributed by atoms with E-state index in [2.05, 4.69) is 28.0 Å². The van der Waals surface area contributed by atoms with E-state index in [1.807, 2.05) is 17.8 Å². The average molecular weight is 202 g/mol. The Hall–Kier alpha value is -1.58. The largest absolute Gasteiger partial charge is 0.356 e. The standard InChI is InChI=1S/C11H14N4/c1-14-6-5-9-10(14)12-7-13-11(9)15(2)8-3-4-8/h5-8H,3-4H2,1-2H3. The summed E-state index contributed by atoms with van der Waals surface area (Å²) in [5.74, 6) is 1.06. The van der Waals surface area contributed by atoms with Crippen LogP contribution in [-0.4, -0.2) is 27.6 Å². The van der Waals surface area contributed by atoms with Crippen molar-refractivity contribution in [2.24, 2.45) is 7.05 Å². The van der Waals surface area contributed by atoms with Crippen LogP contribution >= 0.6 is 0 Å². The molecule has 2 aromatic heterocycles. The summed E-state index contributed by atoms with van der Waals surface area (Å²) in [6, 6.07) is 2.77. The van der Waals surface area contributed by atoms with Crippen LogP contribution in [0.15, 0.2) is 18.6 Å². The molecule has 4 nitrogen and oxygen atoms in total. The molecule has 1 saturated carbocycles. The Morgan fingerprint density at radius 1 is 1.40 bits per heavy atom. The molecule has 0 saturated heterocycles. The second kappa shape index (κ2) is 2.95. The molecule has 2 heterocycles. The Bertz CT molecular complexity index is 498. The Balaban J connectivity index is 2.16. The van der Waals surface area contributed by atoms with Gasteiger partial charge < -0.3 is 9.47 Å². The molecule has 0 amide bonds. The fourth-order valence-corrected chi connectivity index (χ4v) is 1.98. The molecule has 0 bridgehead atoms. The summed E-state index contributed by atoms with van der Waals surface area (Å²) in [5, 5.41) is 1.15. The van der Waals surface area contributed by atoms with Crippen LogP contribution in [0.5, 0.6) is 0 Å². The zero-order valence-electron chi connectivity index (χ0n) is 9.01. The number of anilines is 1. The van der Waals surface area contributed by atoms with E-state index in [0.717, 1.165) is 16.9 Å². The summed E-state index contributed by atoms with van der Waals surface area (Å²) < 4.78 is 2.03. The summed E-state index contributed by atoms with van der Waals surface area (Å²) >= 11 is 0. The highest BCUT2D eigenvalue weighted by Crippen LogP contribution is 2.32. The first-order chi connectivity index (χ1) is 7.27. The number of nitrogens with zero attached hydrogens (tertiary/aromatic N) is 4. The quantitative estimate of drug-likeness (QED) is 0.741. The maximum atomic E-state index is 4.38. The molecule has 0 atom stereocenters. The molecule has 0 spiro atoms. The summed E-state index contributed by atoms with van der Waals surface area (Å²) in [6.45, 7) is 0. The fraction of sp³-hybridized carbons (Fsp3) is 0.455. The van der Waals surface area contributed by atoms with Crippen molar-refractivity contribution in [1.29, 1.82) is 0 Å². The van der Waals surface area contributed by atoms with E-state index in [1.165, 1.54) is 12.8 Å². The Labute approximate surface area is 88.6 Å². The van der Waals surface area contributed by atoms with Crippen molar-refractivity contribution < 1.29 is 0 Å². The summed E-state index contributed by atoms with van der Waals surface area (Å²) in [7, 11) is 4.13. The van der Waals surface area contributed by atoms with Gasteiger partial charge in [0.05, 0.1) is 5.39 Å². The van der Waals surface area contributed by atoms with E-state index in [0.29, 0.717) is 6.04 Å². The third kappa shape index (κ3) is 1.28. The zero-order chi connectivity index (χ0) is 10.4. The minimum atomic E-state index is 0.684. The number of hydrogen-bond donors (Lipinski definition) is 0. The molecule has 1 aliphatic carbocycles. The van der Waals surface area contributed by atoms with Crippen molar-refractivity contribution >= 4 is 16.9 Å². The summed E-state index contributed by atoms with van der Waals surface area (Å²) in [5.41, 5.74) is 1.01. The monoisotopic (exact) mass is 202 g/mol. The van der Waals surface area contributed by atoms with Gasteiger partial charge in [-0.1, -0.05) is 0 Å². The molecule has 4 heteroatoms. The smallest absolute Gasteiger partial charge is 0.145 e. The highest BCUT2D eigenvalue weighted by molar-refractivity contribution is 5.87. The molecule has 15 heavy (non-hydrogen) atoms. The van der Waals surface area contributed by atoms with Gasteiger partial charge in [-0.2, -0.15) is 0 Å². The topological polar surface area (TPSA) is 34.0 Å². The van der Waals surface area contributed by atoms with Crippen LogP contribution in [0.4, 0.5) is 5.82 Å². The van der Waals surface area contributed by atoms with Crippen LogP contribution in [0.25, 0.3) is 11.0 Å². The number of fused-ring (bicyclic) bond motifs is 1. The lowest BCUT2D eigenvalue weighted by molar-refractivity contribution is 0.889. The van der Waals surface area contributed by atoms with E-state index < -0.39 is 0 Å².